The third kappa shape index (κ3) is 3.52. The first-order valence-corrected chi connectivity index (χ1v) is 9.21. The highest BCUT2D eigenvalue weighted by molar-refractivity contribution is 7.10. The van der Waals surface area contributed by atoms with Gasteiger partial charge in [-0.2, -0.15) is 0 Å². The Labute approximate surface area is 158 Å². The summed E-state index contributed by atoms with van der Waals surface area (Å²) in [6, 6.07) is 17.9. The second kappa shape index (κ2) is 7.17. The number of aromatic amines is 1. The van der Waals surface area contributed by atoms with Gasteiger partial charge in [0.2, 0.25) is 5.56 Å². The van der Waals surface area contributed by atoms with Crippen LogP contribution in [0.2, 0.25) is 0 Å². The highest BCUT2D eigenvalue weighted by Crippen LogP contribution is 2.27. The van der Waals surface area contributed by atoms with Crippen molar-refractivity contribution in [1.82, 2.24) is 10.3 Å². The van der Waals surface area contributed by atoms with Gasteiger partial charge in [0.25, 0.3) is 5.91 Å². The van der Waals surface area contributed by atoms with E-state index in [1.807, 2.05) is 23.6 Å². The first kappa shape index (κ1) is 17.2. The molecule has 6 heteroatoms. The summed E-state index contributed by atoms with van der Waals surface area (Å²) < 4.78 is 13.3. The lowest BCUT2D eigenvalue weighted by Gasteiger charge is -2.19. The quantitative estimate of drug-likeness (QED) is 0.558. The van der Waals surface area contributed by atoms with Crippen molar-refractivity contribution in [3.8, 4) is 0 Å². The van der Waals surface area contributed by atoms with Crippen molar-refractivity contribution in [2.45, 2.75) is 6.04 Å². The molecular weight excluding hydrogens is 363 g/mol. The zero-order valence-electron chi connectivity index (χ0n) is 14.1. The zero-order valence-corrected chi connectivity index (χ0v) is 14.9. The number of nitrogens with one attached hydrogen (secondary N) is 2. The summed E-state index contributed by atoms with van der Waals surface area (Å²) in [4.78, 5) is 28.6. The Bertz CT molecular complexity index is 1150. The van der Waals surface area contributed by atoms with Gasteiger partial charge >= 0.3 is 0 Å². The fraction of sp³-hybridized carbons (Fsp3) is 0.0476. The van der Waals surface area contributed by atoms with Crippen LogP contribution < -0.4 is 10.9 Å². The first-order valence-electron chi connectivity index (χ1n) is 8.33. The average Bonchev–Trinajstić information content (AvgIpc) is 3.20. The van der Waals surface area contributed by atoms with Gasteiger partial charge in [-0.05, 0) is 35.2 Å². The van der Waals surface area contributed by atoms with Crippen LogP contribution >= 0.6 is 11.3 Å². The summed E-state index contributed by atoms with van der Waals surface area (Å²) in [5.41, 5.74) is 1.33. The maximum Gasteiger partial charge on any atom is 0.252 e. The smallest absolute Gasteiger partial charge is 0.252 e. The number of benzene rings is 2. The third-order valence-corrected chi connectivity index (χ3v) is 5.24. The number of pyridine rings is 1. The predicted molar refractivity (Wildman–Crippen MR) is 105 cm³/mol. The Kier molecular flexibility index (Phi) is 4.56. The average molecular weight is 378 g/mol. The normalized spacial score (nSPS) is 12.0. The van der Waals surface area contributed by atoms with Crippen molar-refractivity contribution < 1.29 is 9.18 Å². The van der Waals surface area contributed by atoms with E-state index in [-0.39, 0.29) is 17.3 Å². The molecule has 134 valence electrons. The lowest BCUT2D eigenvalue weighted by atomic mass is 10.0. The number of fused-ring (bicyclic) bond motifs is 1. The van der Waals surface area contributed by atoms with E-state index in [0.717, 1.165) is 10.4 Å². The minimum Gasteiger partial charge on any atom is -0.340 e. The van der Waals surface area contributed by atoms with Crippen LogP contribution in [-0.4, -0.2) is 10.9 Å². The maximum atomic E-state index is 13.3. The van der Waals surface area contributed by atoms with Crippen molar-refractivity contribution in [2.75, 3.05) is 0 Å². The molecule has 0 aliphatic rings. The Hall–Kier alpha value is -3.25. The highest BCUT2D eigenvalue weighted by Gasteiger charge is 2.20. The fourth-order valence-corrected chi connectivity index (χ4v) is 3.83. The number of carbonyl (C=O) groups excluding carboxylic acids is 1. The van der Waals surface area contributed by atoms with E-state index in [9.17, 15) is 14.0 Å². The monoisotopic (exact) mass is 378 g/mol. The molecule has 2 N–H and O–H groups in total. The van der Waals surface area contributed by atoms with Gasteiger partial charge < -0.3 is 10.3 Å². The minimum atomic E-state index is -0.434. The van der Waals surface area contributed by atoms with Crippen molar-refractivity contribution >= 4 is 28.1 Å². The van der Waals surface area contributed by atoms with Crippen LogP contribution in [0.5, 0.6) is 0 Å². The molecular formula is C21H15FN2O2S. The Morgan fingerprint density at radius 3 is 2.56 bits per heavy atom. The van der Waals surface area contributed by atoms with Crippen molar-refractivity contribution in [3.05, 3.63) is 104 Å². The van der Waals surface area contributed by atoms with E-state index in [0.29, 0.717) is 16.5 Å². The van der Waals surface area contributed by atoms with Gasteiger partial charge in [-0.25, -0.2) is 4.39 Å². The van der Waals surface area contributed by atoms with Gasteiger partial charge in [0, 0.05) is 21.8 Å². The molecule has 0 saturated carbocycles. The second-order valence-electron chi connectivity index (χ2n) is 6.07. The lowest BCUT2D eigenvalue weighted by Crippen LogP contribution is -2.30. The molecule has 1 amide bonds. The van der Waals surface area contributed by atoms with Gasteiger partial charge in [-0.15, -0.1) is 11.3 Å². The Balaban J connectivity index is 1.75. The number of rotatable bonds is 4. The van der Waals surface area contributed by atoms with E-state index in [4.69, 9.17) is 0 Å². The summed E-state index contributed by atoms with van der Waals surface area (Å²) in [5.74, 6) is -0.699. The van der Waals surface area contributed by atoms with Crippen molar-refractivity contribution in [3.63, 3.8) is 0 Å². The number of carbonyl (C=O) groups is 1. The lowest BCUT2D eigenvalue weighted by molar-refractivity contribution is 0.0945. The zero-order chi connectivity index (χ0) is 18.8. The SMILES string of the molecule is O=C(N[C@H](c1ccc(F)cc1)c1cccs1)c1cc(=O)[nH]c2ccccc12. The number of amides is 1. The molecule has 0 saturated heterocycles. The molecule has 27 heavy (non-hydrogen) atoms. The van der Waals surface area contributed by atoms with Crippen LogP contribution in [0.4, 0.5) is 4.39 Å². The van der Waals surface area contributed by atoms with Gasteiger partial charge in [-0.3, -0.25) is 9.59 Å². The summed E-state index contributed by atoms with van der Waals surface area (Å²) in [7, 11) is 0. The molecule has 0 spiro atoms. The fourth-order valence-electron chi connectivity index (χ4n) is 3.03. The molecule has 0 fully saturated rings. The van der Waals surface area contributed by atoms with E-state index in [1.54, 1.807) is 30.3 Å². The molecule has 4 nitrogen and oxygen atoms in total. The molecule has 0 radical (unpaired) electrons. The molecule has 0 aliphatic heterocycles. The molecule has 2 aromatic heterocycles. The molecule has 2 aromatic carbocycles. The van der Waals surface area contributed by atoms with Crippen molar-refractivity contribution in [2.24, 2.45) is 0 Å². The molecule has 1 atom stereocenters. The van der Waals surface area contributed by atoms with Gasteiger partial charge in [0.05, 0.1) is 11.6 Å². The Morgan fingerprint density at radius 2 is 1.81 bits per heavy atom. The van der Waals surface area contributed by atoms with Crippen LogP contribution in [0, 0.1) is 5.82 Å². The Morgan fingerprint density at radius 1 is 1.04 bits per heavy atom. The van der Waals surface area contributed by atoms with E-state index >= 15 is 0 Å². The van der Waals surface area contributed by atoms with Crippen LogP contribution in [0.1, 0.15) is 26.8 Å². The number of hydrogen-bond donors (Lipinski definition) is 2. The van der Waals surface area contributed by atoms with Crippen LogP contribution in [-0.2, 0) is 0 Å². The van der Waals surface area contributed by atoms with Crippen LogP contribution in [0.25, 0.3) is 10.9 Å². The van der Waals surface area contributed by atoms with E-state index in [1.165, 1.54) is 29.5 Å². The van der Waals surface area contributed by atoms with E-state index < -0.39 is 6.04 Å². The topological polar surface area (TPSA) is 62.0 Å². The van der Waals surface area contributed by atoms with Gasteiger partial charge in [0.15, 0.2) is 0 Å². The molecule has 4 aromatic rings. The van der Waals surface area contributed by atoms with Gasteiger partial charge in [0.1, 0.15) is 5.82 Å². The third-order valence-electron chi connectivity index (χ3n) is 4.30. The maximum absolute atomic E-state index is 13.3. The number of halogens is 1. The summed E-state index contributed by atoms with van der Waals surface area (Å²) in [5, 5.41) is 5.57. The first-order chi connectivity index (χ1) is 13.1. The number of thiophene rings is 1. The second-order valence-corrected chi connectivity index (χ2v) is 7.05. The highest BCUT2D eigenvalue weighted by atomic mass is 32.1. The van der Waals surface area contributed by atoms with Crippen molar-refractivity contribution in [1.29, 1.82) is 0 Å². The standard InChI is InChI=1S/C21H15FN2O2S/c22-14-9-7-13(8-10-14)20(18-6-3-11-27-18)24-21(26)16-12-19(25)23-17-5-2-1-4-15(16)17/h1-12,20H,(H,23,25)(H,24,26)/t20-/m1/s1. The number of hydrogen-bond acceptors (Lipinski definition) is 3. The van der Waals surface area contributed by atoms with Gasteiger partial charge in [-0.1, -0.05) is 36.4 Å². The summed E-state index contributed by atoms with van der Waals surface area (Å²) in [6.45, 7) is 0. The number of aromatic nitrogens is 1. The van der Waals surface area contributed by atoms with E-state index in [2.05, 4.69) is 10.3 Å². The number of para-hydroxylation sites is 1. The number of H-pyrrole nitrogens is 1. The molecule has 0 aliphatic carbocycles. The molecule has 0 unspecified atom stereocenters. The molecule has 0 bridgehead atoms. The molecule has 2 heterocycles. The molecule has 4 rings (SSSR count). The minimum absolute atomic E-state index is 0.304. The summed E-state index contributed by atoms with van der Waals surface area (Å²) in [6.07, 6.45) is 0. The summed E-state index contributed by atoms with van der Waals surface area (Å²) >= 11 is 1.50. The predicted octanol–water partition coefficient (Wildman–Crippen LogP) is 4.25. The largest absolute Gasteiger partial charge is 0.340 e. The van der Waals surface area contributed by atoms with Crippen LogP contribution in [0.15, 0.2) is 76.9 Å². The van der Waals surface area contributed by atoms with Crippen LogP contribution in [0.3, 0.4) is 0 Å².